The molecule has 6 nitrogen and oxygen atoms in total. The van der Waals surface area contributed by atoms with Gasteiger partial charge in [-0.3, -0.25) is 4.79 Å². The number of nitrogens with one attached hydrogen (secondary N) is 1. The van der Waals surface area contributed by atoms with Gasteiger partial charge in [-0.2, -0.15) is 0 Å². The van der Waals surface area contributed by atoms with E-state index in [2.05, 4.69) is 22.4 Å². The van der Waals surface area contributed by atoms with Crippen LogP contribution in [0, 0.1) is 19.8 Å². The number of aryl methyl sites for hydroxylation is 1. The summed E-state index contributed by atoms with van der Waals surface area (Å²) in [5.74, 6) is 0.769. The van der Waals surface area contributed by atoms with E-state index in [0.717, 1.165) is 23.2 Å². The number of anilines is 1. The van der Waals surface area contributed by atoms with Gasteiger partial charge in [0.15, 0.2) is 0 Å². The first kappa shape index (κ1) is 21.5. The molecule has 0 aliphatic rings. The van der Waals surface area contributed by atoms with E-state index in [-0.39, 0.29) is 36.0 Å². The number of carbonyl (C=O) groups is 1. The third kappa shape index (κ3) is 5.73. The van der Waals surface area contributed by atoms with Crippen LogP contribution in [0.15, 0.2) is 27.8 Å². The number of nitrogens with zero attached hydrogens (tertiary/aromatic N) is 2. The smallest absolute Gasteiger partial charge is 0.277 e. The van der Waals surface area contributed by atoms with E-state index >= 15 is 0 Å². The summed E-state index contributed by atoms with van der Waals surface area (Å²) in [5.41, 5.74) is 9.10. The predicted octanol–water partition coefficient (Wildman–Crippen LogP) is 3.88. The number of carbonyl (C=O) groups excluding carboxylic acids is 1. The lowest BCUT2D eigenvalue weighted by atomic mass is 10.0. The molecule has 0 bridgehead atoms. The number of hydrogen-bond donors (Lipinski definition) is 2. The molecule has 1 aromatic heterocycles. The minimum absolute atomic E-state index is 0. The maximum Gasteiger partial charge on any atom is 0.277 e. The molecule has 0 aliphatic heterocycles. The van der Waals surface area contributed by atoms with E-state index in [1.807, 2.05) is 39.0 Å². The van der Waals surface area contributed by atoms with Crippen LogP contribution in [0.2, 0.25) is 0 Å². The molecule has 25 heavy (non-hydrogen) atoms. The van der Waals surface area contributed by atoms with Crippen molar-refractivity contribution in [2.24, 2.45) is 11.7 Å². The second-order valence-corrected chi connectivity index (χ2v) is 6.83. The Labute approximate surface area is 158 Å². The van der Waals surface area contributed by atoms with Gasteiger partial charge in [0.05, 0.1) is 11.8 Å². The summed E-state index contributed by atoms with van der Waals surface area (Å²) in [7, 11) is 0. The van der Waals surface area contributed by atoms with Gasteiger partial charge in [0.25, 0.3) is 5.22 Å². The second kappa shape index (κ2) is 9.79. The Balaban J connectivity index is 0.00000312. The standard InChI is InChI=1S/C17H24N4O2S.ClH/c1-5-10(2)15(18)16-20-21-17(23-16)24-9-14(22)19-13-8-6-7-11(3)12(13)4;/h6-8,10,15H,5,9,18H2,1-4H3,(H,19,22);1H. The molecule has 1 amide bonds. The lowest BCUT2D eigenvalue weighted by Crippen LogP contribution is -2.18. The van der Waals surface area contributed by atoms with Gasteiger partial charge >= 0.3 is 0 Å². The van der Waals surface area contributed by atoms with E-state index in [1.165, 1.54) is 11.8 Å². The van der Waals surface area contributed by atoms with Crippen molar-refractivity contribution in [1.82, 2.24) is 10.2 Å². The van der Waals surface area contributed by atoms with Crippen LogP contribution in [-0.2, 0) is 4.79 Å². The highest BCUT2D eigenvalue weighted by Gasteiger charge is 2.20. The zero-order valence-corrected chi connectivity index (χ0v) is 16.5. The van der Waals surface area contributed by atoms with Crippen LogP contribution in [0.25, 0.3) is 0 Å². The highest BCUT2D eigenvalue weighted by molar-refractivity contribution is 7.99. The first-order valence-electron chi connectivity index (χ1n) is 8.00. The third-order valence-corrected chi connectivity index (χ3v) is 4.99. The Morgan fingerprint density at radius 3 is 2.76 bits per heavy atom. The zero-order valence-electron chi connectivity index (χ0n) is 14.9. The molecule has 2 aromatic rings. The molecule has 0 spiro atoms. The van der Waals surface area contributed by atoms with Crippen LogP contribution in [0.3, 0.4) is 0 Å². The van der Waals surface area contributed by atoms with E-state index in [1.54, 1.807) is 0 Å². The van der Waals surface area contributed by atoms with Crippen molar-refractivity contribution < 1.29 is 9.21 Å². The highest BCUT2D eigenvalue weighted by Crippen LogP contribution is 2.24. The van der Waals surface area contributed by atoms with Crippen LogP contribution in [-0.4, -0.2) is 21.9 Å². The lowest BCUT2D eigenvalue weighted by molar-refractivity contribution is -0.113. The molecule has 2 rings (SSSR count). The van der Waals surface area contributed by atoms with Gasteiger partial charge in [-0.1, -0.05) is 44.2 Å². The molecule has 2 unspecified atom stereocenters. The molecule has 1 heterocycles. The molecular weight excluding hydrogens is 360 g/mol. The summed E-state index contributed by atoms with van der Waals surface area (Å²) in [4.78, 5) is 12.1. The Kier molecular flexibility index (Phi) is 8.41. The summed E-state index contributed by atoms with van der Waals surface area (Å²) in [5, 5.41) is 11.2. The highest BCUT2D eigenvalue weighted by atomic mass is 35.5. The number of halogens is 1. The second-order valence-electron chi connectivity index (χ2n) is 5.90. The SMILES string of the molecule is CCC(C)C(N)c1nnc(SCC(=O)Nc2cccc(C)c2C)o1.Cl. The number of rotatable bonds is 7. The van der Waals surface area contributed by atoms with E-state index in [9.17, 15) is 4.79 Å². The molecule has 0 saturated carbocycles. The molecule has 0 aliphatic carbocycles. The fourth-order valence-electron chi connectivity index (χ4n) is 2.11. The Bertz CT molecular complexity index is 708. The van der Waals surface area contributed by atoms with E-state index in [0.29, 0.717) is 11.1 Å². The molecule has 8 heteroatoms. The van der Waals surface area contributed by atoms with Gasteiger partial charge < -0.3 is 15.5 Å². The van der Waals surface area contributed by atoms with E-state index in [4.69, 9.17) is 10.2 Å². The van der Waals surface area contributed by atoms with Crippen LogP contribution in [0.5, 0.6) is 0 Å². The Morgan fingerprint density at radius 1 is 1.36 bits per heavy atom. The quantitative estimate of drug-likeness (QED) is 0.703. The first-order valence-corrected chi connectivity index (χ1v) is 8.98. The van der Waals surface area contributed by atoms with Gasteiger partial charge in [0.2, 0.25) is 11.8 Å². The maximum absolute atomic E-state index is 12.1. The van der Waals surface area contributed by atoms with Crippen molar-refractivity contribution >= 4 is 35.8 Å². The molecule has 0 fully saturated rings. The van der Waals surface area contributed by atoms with Gasteiger partial charge in [-0.15, -0.1) is 22.6 Å². The van der Waals surface area contributed by atoms with Gasteiger partial charge in [0.1, 0.15) is 0 Å². The minimum atomic E-state index is -0.277. The summed E-state index contributed by atoms with van der Waals surface area (Å²) >= 11 is 1.21. The number of benzene rings is 1. The van der Waals surface area contributed by atoms with Gasteiger partial charge in [-0.05, 0) is 37.0 Å². The number of aromatic nitrogens is 2. The number of amides is 1. The Hall–Kier alpha value is -1.57. The fraction of sp³-hybridized carbons (Fsp3) is 0.471. The molecule has 1 aromatic carbocycles. The summed E-state index contributed by atoms with van der Waals surface area (Å²) in [6.07, 6.45) is 0.935. The monoisotopic (exact) mass is 384 g/mol. The zero-order chi connectivity index (χ0) is 17.7. The largest absolute Gasteiger partial charge is 0.414 e. The van der Waals surface area contributed by atoms with Crippen molar-refractivity contribution in [3.05, 3.63) is 35.2 Å². The van der Waals surface area contributed by atoms with Crippen molar-refractivity contribution in [1.29, 1.82) is 0 Å². The number of nitrogens with two attached hydrogens (primary N) is 1. The average Bonchev–Trinajstić information content (AvgIpc) is 3.04. The first-order chi connectivity index (χ1) is 11.4. The van der Waals surface area contributed by atoms with Crippen LogP contribution in [0.1, 0.15) is 43.3 Å². The van der Waals surface area contributed by atoms with Gasteiger partial charge in [-0.25, -0.2) is 0 Å². The fourth-order valence-corrected chi connectivity index (χ4v) is 2.68. The van der Waals surface area contributed by atoms with Gasteiger partial charge in [0, 0.05) is 5.69 Å². The van der Waals surface area contributed by atoms with Crippen molar-refractivity contribution in [2.45, 2.75) is 45.4 Å². The van der Waals surface area contributed by atoms with Crippen molar-refractivity contribution in [2.75, 3.05) is 11.1 Å². The van der Waals surface area contributed by atoms with Crippen LogP contribution in [0.4, 0.5) is 5.69 Å². The number of thioether (sulfide) groups is 1. The topological polar surface area (TPSA) is 94.0 Å². The van der Waals surface area contributed by atoms with Crippen LogP contribution >= 0.6 is 24.2 Å². The van der Waals surface area contributed by atoms with Crippen LogP contribution < -0.4 is 11.1 Å². The molecule has 3 N–H and O–H groups in total. The minimum Gasteiger partial charge on any atom is -0.414 e. The summed E-state index contributed by atoms with van der Waals surface area (Å²) in [6.45, 7) is 8.10. The average molecular weight is 385 g/mol. The van der Waals surface area contributed by atoms with Crippen molar-refractivity contribution in [3.63, 3.8) is 0 Å². The molecule has 0 saturated heterocycles. The number of hydrogen-bond acceptors (Lipinski definition) is 6. The molecule has 2 atom stereocenters. The summed E-state index contributed by atoms with van der Waals surface area (Å²) < 4.78 is 5.55. The lowest BCUT2D eigenvalue weighted by Gasteiger charge is -2.13. The summed E-state index contributed by atoms with van der Waals surface area (Å²) in [6, 6.07) is 5.55. The Morgan fingerprint density at radius 2 is 2.08 bits per heavy atom. The van der Waals surface area contributed by atoms with Crippen molar-refractivity contribution in [3.8, 4) is 0 Å². The molecular formula is C17H25ClN4O2S. The predicted molar refractivity (Wildman–Crippen MR) is 103 cm³/mol. The molecule has 0 radical (unpaired) electrons. The third-order valence-electron chi connectivity index (χ3n) is 4.17. The van der Waals surface area contributed by atoms with E-state index < -0.39 is 0 Å². The maximum atomic E-state index is 12.1. The normalized spacial score (nSPS) is 13.0. The molecule has 138 valence electrons.